The van der Waals surface area contributed by atoms with Gasteiger partial charge in [-0.1, -0.05) is 30.3 Å². The lowest BCUT2D eigenvalue weighted by molar-refractivity contribution is 0.318. The smallest absolute Gasteiger partial charge is 0.259 e. The predicted octanol–water partition coefficient (Wildman–Crippen LogP) is 2.56. The fraction of sp³-hybridized carbons (Fsp3) is 0.294. The van der Waals surface area contributed by atoms with Crippen LogP contribution < -0.4 is 5.56 Å². The van der Waals surface area contributed by atoms with Gasteiger partial charge < -0.3 is 9.88 Å². The number of hydrogen-bond donors (Lipinski definition) is 1. The van der Waals surface area contributed by atoms with Crippen LogP contribution in [0.15, 0.2) is 35.1 Å². The Hall–Kier alpha value is -1.98. The van der Waals surface area contributed by atoms with Crippen LogP contribution in [0.1, 0.15) is 21.8 Å². The Balaban J connectivity index is 1.79. The second-order valence-electron chi connectivity index (χ2n) is 5.85. The van der Waals surface area contributed by atoms with Crippen LogP contribution in [0.2, 0.25) is 0 Å². The monoisotopic (exact) mass is 311 g/mol. The third-order valence-electron chi connectivity index (χ3n) is 4.16. The van der Waals surface area contributed by atoms with Gasteiger partial charge in [-0.15, -0.1) is 11.3 Å². The third-order valence-corrected chi connectivity index (χ3v) is 5.28. The second-order valence-corrected chi connectivity index (χ2v) is 6.93. The lowest BCUT2D eigenvalue weighted by Gasteiger charge is -2.21. The number of aromatic nitrogens is 2. The molecule has 3 heterocycles. The van der Waals surface area contributed by atoms with E-state index in [0.29, 0.717) is 6.42 Å². The van der Waals surface area contributed by atoms with E-state index in [-0.39, 0.29) is 5.56 Å². The van der Waals surface area contributed by atoms with Gasteiger partial charge in [0.05, 0.1) is 5.39 Å². The standard InChI is InChI=1S/C17H17N3OS/c1-20-8-7-12-13(10-20)22-17-15(12)16(21)18-14(19-17)9-11-5-3-2-4-6-11/h2-6H,7-10H2,1H3,(H,18,19,21). The number of fused-ring (bicyclic) bond motifs is 3. The molecule has 1 aromatic carbocycles. The van der Waals surface area contributed by atoms with Crippen molar-refractivity contribution in [2.45, 2.75) is 19.4 Å². The molecular formula is C17H17N3OS. The minimum absolute atomic E-state index is 0.0120. The molecule has 0 amide bonds. The van der Waals surface area contributed by atoms with Gasteiger partial charge in [0, 0.05) is 24.4 Å². The van der Waals surface area contributed by atoms with Crippen molar-refractivity contribution in [3.63, 3.8) is 0 Å². The summed E-state index contributed by atoms with van der Waals surface area (Å²) >= 11 is 1.67. The molecule has 5 heteroatoms. The normalized spacial score (nSPS) is 15.1. The quantitative estimate of drug-likeness (QED) is 0.791. The zero-order valence-electron chi connectivity index (χ0n) is 12.4. The van der Waals surface area contributed by atoms with Crippen molar-refractivity contribution < 1.29 is 0 Å². The molecule has 4 rings (SSSR count). The highest BCUT2D eigenvalue weighted by molar-refractivity contribution is 7.18. The van der Waals surface area contributed by atoms with Gasteiger partial charge in [-0.2, -0.15) is 0 Å². The number of benzene rings is 1. The summed E-state index contributed by atoms with van der Waals surface area (Å²) in [7, 11) is 2.12. The van der Waals surface area contributed by atoms with Crippen LogP contribution in [0.4, 0.5) is 0 Å². The number of thiophene rings is 1. The molecule has 1 aliphatic heterocycles. The van der Waals surface area contributed by atoms with Gasteiger partial charge >= 0.3 is 0 Å². The first-order valence-corrected chi connectivity index (χ1v) is 8.28. The topological polar surface area (TPSA) is 49.0 Å². The van der Waals surface area contributed by atoms with Gasteiger partial charge in [0.15, 0.2) is 0 Å². The van der Waals surface area contributed by atoms with E-state index < -0.39 is 0 Å². The molecule has 112 valence electrons. The molecule has 0 unspecified atom stereocenters. The van der Waals surface area contributed by atoms with Gasteiger partial charge in [-0.3, -0.25) is 4.79 Å². The fourth-order valence-corrected chi connectivity index (χ4v) is 4.37. The van der Waals surface area contributed by atoms with Gasteiger partial charge in [-0.25, -0.2) is 4.98 Å². The van der Waals surface area contributed by atoms with Gasteiger partial charge in [0.25, 0.3) is 5.56 Å². The average Bonchev–Trinajstić information content (AvgIpc) is 2.85. The maximum Gasteiger partial charge on any atom is 0.259 e. The molecule has 0 bridgehead atoms. The van der Waals surface area contributed by atoms with Gasteiger partial charge in [0.2, 0.25) is 0 Å². The fourth-order valence-electron chi connectivity index (χ4n) is 3.05. The summed E-state index contributed by atoms with van der Waals surface area (Å²) in [6.45, 7) is 1.92. The molecule has 4 nitrogen and oxygen atoms in total. The van der Waals surface area contributed by atoms with E-state index in [1.165, 1.54) is 10.4 Å². The summed E-state index contributed by atoms with van der Waals surface area (Å²) in [5.41, 5.74) is 2.38. The number of H-pyrrole nitrogens is 1. The van der Waals surface area contributed by atoms with Crippen molar-refractivity contribution in [2.24, 2.45) is 0 Å². The highest BCUT2D eigenvalue weighted by atomic mass is 32.1. The zero-order valence-corrected chi connectivity index (χ0v) is 13.2. The summed E-state index contributed by atoms with van der Waals surface area (Å²) < 4.78 is 0. The Morgan fingerprint density at radius 2 is 2.14 bits per heavy atom. The zero-order chi connectivity index (χ0) is 15.1. The van der Waals surface area contributed by atoms with E-state index in [2.05, 4.69) is 29.1 Å². The molecule has 0 radical (unpaired) electrons. The van der Waals surface area contributed by atoms with E-state index in [1.54, 1.807) is 11.3 Å². The molecule has 1 N–H and O–H groups in total. The average molecular weight is 311 g/mol. The number of likely N-dealkylation sites (N-methyl/N-ethyl adjacent to an activating group) is 1. The first-order valence-electron chi connectivity index (χ1n) is 7.46. The molecule has 3 aromatic rings. The van der Waals surface area contributed by atoms with E-state index >= 15 is 0 Å². The van der Waals surface area contributed by atoms with Crippen molar-refractivity contribution in [1.82, 2.24) is 14.9 Å². The summed E-state index contributed by atoms with van der Waals surface area (Å²) in [6.07, 6.45) is 1.60. The lowest BCUT2D eigenvalue weighted by atomic mass is 10.1. The van der Waals surface area contributed by atoms with E-state index in [0.717, 1.165) is 41.1 Å². The molecular weight excluding hydrogens is 294 g/mol. The summed E-state index contributed by atoms with van der Waals surface area (Å²) in [5.74, 6) is 0.746. The van der Waals surface area contributed by atoms with Crippen molar-refractivity contribution in [1.29, 1.82) is 0 Å². The van der Waals surface area contributed by atoms with Crippen molar-refractivity contribution >= 4 is 21.6 Å². The van der Waals surface area contributed by atoms with Crippen LogP contribution >= 0.6 is 11.3 Å². The second kappa shape index (κ2) is 5.34. The molecule has 2 aromatic heterocycles. The first kappa shape index (κ1) is 13.7. The Bertz CT molecular complexity index is 882. The SMILES string of the molecule is CN1CCc2c(sc3nc(Cc4ccccc4)[nH]c(=O)c23)C1. The minimum atomic E-state index is 0.0120. The summed E-state index contributed by atoms with van der Waals surface area (Å²) in [5, 5.41) is 0.810. The number of aromatic amines is 1. The van der Waals surface area contributed by atoms with Crippen LogP contribution in [0.5, 0.6) is 0 Å². The minimum Gasteiger partial charge on any atom is -0.310 e. The van der Waals surface area contributed by atoms with Crippen LogP contribution in [0.3, 0.4) is 0 Å². The van der Waals surface area contributed by atoms with E-state index in [1.807, 2.05) is 18.2 Å². The summed E-state index contributed by atoms with van der Waals surface area (Å²) in [4.78, 5) is 24.6. The number of nitrogens with zero attached hydrogens (tertiary/aromatic N) is 2. The van der Waals surface area contributed by atoms with Gasteiger partial charge in [-0.05, 0) is 24.6 Å². The van der Waals surface area contributed by atoms with Crippen LogP contribution in [0, 0.1) is 0 Å². The van der Waals surface area contributed by atoms with Gasteiger partial charge in [0.1, 0.15) is 10.7 Å². The Morgan fingerprint density at radius 3 is 2.95 bits per heavy atom. The van der Waals surface area contributed by atoms with Crippen LogP contribution in [-0.2, 0) is 19.4 Å². The molecule has 0 saturated heterocycles. The highest BCUT2D eigenvalue weighted by Crippen LogP contribution is 2.31. The number of nitrogens with one attached hydrogen (secondary N) is 1. The molecule has 1 aliphatic rings. The largest absolute Gasteiger partial charge is 0.310 e. The summed E-state index contributed by atoms with van der Waals surface area (Å²) in [6, 6.07) is 10.1. The lowest BCUT2D eigenvalue weighted by Crippen LogP contribution is -2.26. The Kier molecular flexibility index (Phi) is 3.32. The third kappa shape index (κ3) is 2.36. The highest BCUT2D eigenvalue weighted by Gasteiger charge is 2.21. The molecule has 0 fully saturated rings. The number of hydrogen-bond acceptors (Lipinski definition) is 4. The predicted molar refractivity (Wildman–Crippen MR) is 89.5 cm³/mol. The maximum absolute atomic E-state index is 12.5. The number of rotatable bonds is 2. The van der Waals surface area contributed by atoms with E-state index in [4.69, 9.17) is 4.98 Å². The molecule has 0 atom stereocenters. The molecule has 0 aliphatic carbocycles. The molecule has 0 saturated carbocycles. The van der Waals surface area contributed by atoms with Crippen LogP contribution in [-0.4, -0.2) is 28.5 Å². The Morgan fingerprint density at radius 1 is 1.32 bits per heavy atom. The molecule has 22 heavy (non-hydrogen) atoms. The first-order chi connectivity index (χ1) is 10.7. The van der Waals surface area contributed by atoms with Crippen LogP contribution in [0.25, 0.3) is 10.2 Å². The van der Waals surface area contributed by atoms with Crippen molar-refractivity contribution in [3.05, 3.63) is 62.5 Å². The van der Waals surface area contributed by atoms with E-state index in [9.17, 15) is 4.79 Å². The maximum atomic E-state index is 12.5. The molecule has 0 spiro atoms. The Labute approximate surface area is 132 Å². The van der Waals surface area contributed by atoms with Crippen molar-refractivity contribution in [2.75, 3.05) is 13.6 Å². The van der Waals surface area contributed by atoms with Crippen molar-refractivity contribution in [3.8, 4) is 0 Å².